The quantitative estimate of drug-likeness (QED) is 0.278. The SMILES string of the molecule is Cn1c(-c2ccc(C3(N4C(=O)c5ccccc5C4=O)CC(O)C3)cc2)c(-c2ccccc2)c2c(=O)n(CC(F)(F)F)cnc21. The number of carbonyl (C=O) groups is 2. The minimum absolute atomic E-state index is 0.0640. The van der Waals surface area contributed by atoms with E-state index in [0.29, 0.717) is 43.6 Å². The zero-order chi connectivity index (χ0) is 31.0. The molecule has 0 spiro atoms. The molecule has 44 heavy (non-hydrogen) atoms. The predicted octanol–water partition coefficient (Wildman–Crippen LogP) is 5.28. The van der Waals surface area contributed by atoms with Gasteiger partial charge in [0.05, 0.1) is 33.8 Å². The van der Waals surface area contributed by atoms with E-state index in [9.17, 15) is 32.7 Å². The Bertz CT molecular complexity index is 1990. The molecule has 2 aromatic heterocycles. The summed E-state index contributed by atoms with van der Waals surface area (Å²) < 4.78 is 42.1. The van der Waals surface area contributed by atoms with Crippen LogP contribution in [0.3, 0.4) is 0 Å². The molecule has 1 fully saturated rings. The van der Waals surface area contributed by atoms with Crippen LogP contribution in [-0.4, -0.2) is 48.2 Å². The summed E-state index contributed by atoms with van der Waals surface area (Å²) in [6.07, 6.45) is -4.02. The van der Waals surface area contributed by atoms with Crippen molar-refractivity contribution in [2.75, 3.05) is 0 Å². The number of benzene rings is 3. The average molecular weight is 599 g/mol. The Morgan fingerprint density at radius 3 is 2.02 bits per heavy atom. The van der Waals surface area contributed by atoms with Crippen LogP contribution in [0.15, 0.2) is 90.0 Å². The molecule has 7 rings (SSSR count). The molecule has 1 aliphatic carbocycles. The van der Waals surface area contributed by atoms with Crippen molar-refractivity contribution in [1.29, 1.82) is 0 Å². The summed E-state index contributed by atoms with van der Waals surface area (Å²) in [4.78, 5) is 45.8. The number of aromatic nitrogens is 3. The highest BCUT2D eigenvalue weighted by atomic mass is 19.4. The third-order valence-electron chi connectivity index (χ3n) is 8.63. The summed E-state index contributed by atoms with van der Waals surface area (Å²) in [5.74, 6) is -0.828. The van der Waals surface area contributed by atoms with Crippen LogP contribution in [0.5, 0.6) is 0 Å². The highest BCUT2D eigenvalue weighted by Crippen LogP contribution is 2.50. The number of aliphatic hydroxyl groups excluding tert-OH is 1. The maximum Gasteiger partial charge on any atom is 0.406 e. The molecule has 1 N–H and O–H groups in total. The van der Waals surface area contributed by atoms with E-state index in [4.69, 9.17) is 0 Å². The fourth-order valence-electron chi connectivity index (χ4n) is 6.66. The van der Waals surface area contributed by atoms with Crippen molar-refractivity contribution in [3.63, 3.8) is 0 Å². The number of hydrogen-bond acceptors (Lipinski definition) is 5. The third-order valence-corrected chi connectivity index (χ3v) is 8.63. The Kier molecular flexibility index (Phi) is 6.15. The summed E-state index contributed by atoms with van der Waals surface area (Å²) in [6.45, 7) is -1.46. The number of aliphatic hydroxyl groups is 1. The molecule has 2 amide bonds. The predicted molar refractivity (Wildman–Crippen MR) is 156 cm³/mol. The first-order chi connectivity index (χ1) is 21.0. The first-order valence-corrected chi connectivity index (χ1v) is 14.0. The van der Waals surface area contributed by atoms with Crippen molar-refractivity contribution < 1.29 is 27.9 Å². The van der Waals surface area contributed by atoms with Crippen LogP contribution < -0.4 is 5.56 Å². The van der Waals surface area contributed by atoms with Crippen molar-refractivity contribution in [1.82, 2.24) is 19.0 Å². The number of imide groups is 1. The molecule has 3 heterocycles. The molecule has 0 atom stereocenters. The van der Waals surface area contributed by atoms with Crippen LogP contribution in [0.25, 0.3) is 33.4 Å². The minimum atomic E-state index is -4.61. The van der Waals surface area contributed by atoms with Gasteiger partial charge in [0, 0.05) is 25.5 Å². The number of alkyl halides is 3. The molecule has 1 aliphatic heterocycles. The summed E-state index contributed by atoms with van der Waals surface area (Å²) in [5, 5.41) is 10.4. The van der Waals surface area contributed by atoms with E-state index >= 15 is 0 Å². The molecule has 1 saturated carbocycles. The Morgan fingerprint density at radius 2 is 1.45 bits per heavy atom. The molecule has 0 bridgehead atoms. The summed E-state index contributed by atoms with van der Waals surface area (Å²) in [5.41, 5.74) is 1.97. The van der Waals surface area contributed by atoms with Crippen LogP contribution in [0.2, 0.25) is 0 Å². The van der Waals surface area contributed by atoms with Gasteiger partial charge >= 0.3 is 6.18 Å². The second-order valence-corrected chi connectivity index (χ2v) is 11.3. The molecule has 2 aliphatic rings. The van der Waals surface area contributed by atoms with E-state index in [2.05, 4.69) is 4.98 Å². The van der Waals surface area contributed by atoms with E-state index < -0.39 is 41.7 Å². The van der Waals surface area contributed by atoms with Gasteiger partial charge in [-0.2, -0.15) is 13.2 Å². The Morgan fingerprint density at radius 1 is 0.864 bits per heavy atom. The molecule has 0 radical (unpaired) electrons. The van der Waals surface area contributed by atoms with Gasteiger partial charge in [0.2, 0.25) is 0 Å². The van der Waals surface area contributed by atoms with Crippen molar-refractivity contribution in [2.24, 2.45) is 7.05 Å². The Hall–Kier alpha value is -5.03. The zero-order valence-corrected chi connectivity index (χ0v) is 23.4. The van der Waals surface area contributed by atoms with Gasteiger partial charge in [-0.3, -0.25) is 23.9 Å². The Balaban J connectivity index is 1.37. The lowest BCUT2D eigenvalue weighted by Crippen LogP contribution is -2.59. The maximum absolute atomic E-state index is 13.5. The number of rotatable bonds is 5. The lowest BCUT2D eigenvalue weighted by molar-refractivity contribution is -0.141. The third kappa shape index (κ3) is 4.10. The molecule has 8 nitrogen and oxygen atoms in total. The van der Waals surface area contributed by atoms with Gasteiger partial charge in [-0.05, 0) is 28.8 Å². The van der Waals surface area contributed by atoms with Crippen LogP contribution in [0, 0.1) is 0 Å². The van der Waals surface area contributed by atoms with Gasteiger partial charge in [0.25, 0.3) is 17.4 Å². The van der Waals surface area contributed by atoms with E-state index in [1.54, 1.807) is 90.5 Å². The molecule has 0 saturated heterocycles. The molecular formula is C33H25F3N4O4. The number of halogens is 3. The standard InChI is InChI=1S/C33H25F3N4O4/c1-38-27(25(19-7-3-2-4-8-19)26-28(38)37-18-39(31(26)44)17-33(34,35)36)20-11-13-21(14-12-20)32(15-22(41)16-32)40-29(42)23-9-5-6-10-24(23)30(40)43/h2-14,18,22,41H,15-17H2,1H3. The van der Waals surface area contributed by atoms with Crippen molar-refractivity contribution in [3.05, 3.63) is 112 Å². The number of hydrogen-bond donors (Lipinski definition) is 1. The van der Waals surface area contributed by atoms with Gasteiger partial charge in [0.1, 0.15) is 18.5 Å². The molecule has 222 valence electrons. The number of aryl methyl sites for hydroxylation is 1. The fraction of sp³-hybridized carbons (Fsp3) is 0.212. The van der Waals surface area contributed by atoms with Crippen LogP contribution in [0.1, 0.15) is 39.1 Å². The summed E-state index contributed by atoms with van der Waals surface area (Å²) in [6, 6.07) is 22.7. The highest BCUT2D eigenvalue weighted by molar-refractivity contribution is 6.22. The second-order valence-electron chi connectivity index (χ2n) is 11.3. The van der Waals surface area contributed by atoms with Crippen molar-refractivity contribution in [2.45, 2.75) is 37.2 Å². The normalized spacial score (nSPS) is 19.8. The smallest absolute Gasteiger partial charge is 0.393 e. The first-order valence-electron chi connectivity index (χ1n) is 14.0. The maximum atomic E-state index is 13.5. The highest BCUT2D eigenvalue weighted by Gasteiger charge is 2.56. The first kappa shape index (κ1) is 27.8. The van der Waals surface area contributed by atoms with Gasteiger partial charge in [-0.15, -0.1) is 0 Å². The van der Waals surface area contributed by atoms with E-state index in [1.165, 1.54) is 4.90 Å². The molecule has 11 heteroatoms. The van der Waals surface area contributed by atoms with E-state index in [-0.39, 0.29) is 23.9 Å². The van der Waals surface area contributed by atoms with Crippen molar-refractivity contribution in [3.8, 4) is 22.4 Å². The number of fused-ring (bicyclic) bond motifs is 2. The number of carbonyl (C=O) groups excluding carboxylic acids is 2. The van der Waals surface area contributed by atoms with E-state index in [1.807, 2.05) is 0 Å². The van der Waals surface area contributed by atoms with Gasteiger partial charge in [0.15, 0.2) is 0 Å². The fourth-order valence-corrected chi connectivity index (χ4v) is 6.66. The van der Waals surface area contributed by atoms with Crippen LogP contribution in [-0.2, 0) is 19.1 Å². The zero-order valence-electron chi connectivity index (χ0n) is 23.4. The second kappa shape index (κ2) is 9.75. The van der Waals surface area contributed by atoms with Gasteiger partial charge in [-0.1, -0.05) is 66.7 Å². The van der Waals surface area contributed by atoms with Crippen LogP contribution >= 0.6 is 0 Å². The van der Waals surface area contributed by atoms with Crippen LogP contribution in [0.4, 0.5) is 13.2 Å². The summed E-state index contributed by atoms with van der Waals surface area (Å²) in [7, 11) is 1.70. The average Bonchev–Trinajstić information content (AvgIpc) is 3.43. The molecule has 3 aromatic carbocycles. The minimum Gasteiger partial charge on any atom is -0.393 e. The Labute approximate surface area is 248 Å². The molecular weight excluding hydrogens is 573 g/mol. The van der Waals surface area contributed by atoms with E-state index in [0.717, 1.165) is 6.33 Å². The molecule has 0 unspecified atom stereocenters. The summed E-state index contributed by atoms with van der Waals surface area (Å²) >= 11 is 0. The number of nitrogens with zero attached hydrogens (tertiary/aromatic N) is 4. The van der Waals surface area contributed by atoms with Gasteiger partial charge in [-0.25, -0.2) is 4.98 Å². The topological polar surface area (TPSA) is 97.4 Å². The lowest BCUT2D eigenvalue weighted by atomic mass is 9.68. The van der Waals surface area contributed by atoms with Gasteiger partial charge < -0.3 is 9.67 Å². The largest absolute Gasteiger partial charge is 0.406 e. The molecule has 5 aromatic rings. The lowest BCUT2D eigenvalue weighted by Gasteiger charge is -2.50. The van der Waals surface area contributed by atoms with Crippen molar-refractivity contribution >= 4 is 22.8 Å². The monoisotopic (exact) mass is 598 g/mol. The number of amides is 2.